The number of ether oxygens (including phenoxy) is 6. The average molecular weight is 766 g/mol. The van der Waals surface area contributed by atoms with Crippen molar-refractivity contribution in [2.24, 2.45) is 34.4 Å². The summed E-state index contributed by atoms with van der Waals surface area (Å²) in [7, 11) is 0. The number of halogens is 1. The van der Waals surface area contributed by atoms with Gasteiger partial charge in [-0.3, -0.25) is 4.79 Å². The summed E-state index contributed by atoms with van der Waals surface area (Å²) in [5, 5.41) is 56.3. The molecule has 0 spiro atoms. The molecule has 0 aromatic heterocycles. The number of aliphatic hydroxyl groups excluding tert-OH is 5. The summed E-state index contributed by atoms with van der Waals surface area (Å²) < 4.78 is 35.3. The molecule has 4 rings (SSSR count). The summed E-state index contributed by atoms with van der Waals surface area (Å²) >= 11 is 1.98. The van der Waals surface area contributed by atoms with Crippen LogP contribution in [0.15, 0.2) is 0 Å². The van der Waals surface area contributed by atoms with Crippen molar-refractivity contribution < 1.29 is 58.7 Å². The van der Waals surface area contributed by atoms with Gasteiger partial charge in [0, 0.05) is 38.6 Å². The van der Waals surface area contributed by atoms with E-state index < -0.39 is 114 Å². The monoisotopic (exact) mass is 765 g/mol. The van der Waals surface area contributed by atoms with Gasteiger partial charge in [0.25, 0.3) is 0 Å². The van der Waals surface area contributed by atoms with Crippen molar-refractivity contribution in [2.75, 3.05) is 19.6 Å². The fourth-order valence-electron chi connectivity index (χ4n) is 5.98. The lowest BCUT2D eigenvalue weighted by Gasteiger charge is -2.47. The molecule has 0 bridgehead atoms. The van der Waals surface area contributed by atoms with Gasteiger partial charge in [-0.2, -0.15) is 0 Å². The highest BCUT2D eigenvalue weighted by atomic mass is 127. The highest BCUT2D eigenvalue weighted by Gasteiger charge is 2.54. The smallest absolute Gasteiger partial charge is 0.216 e. The third kappa shape index (κ3) is 8.05. The minimum Gasteiger partial charge on any atom is -0.389 e. The molecule has 4 aliphatic rings. The van der Waals surface area contributed by atoms with E-state index in [-0.39, 0.29) is 32.0 Å². The van der Waals surface area contributed by atoms with Crippen LogP contribution < -0.4 is 39.7 Å². The zero-order chi connectivity index (χ0) is 33.3. The molecule has 3 saturated heterocycles. The molecule has 0 radical (unpaired) electrons. The van der Waals surface area contributed by atoms with Crippen LogP contribution in [0.3, 0.4) is 0 Å². The van der Waals surface area contributed by atoms with Gasteiger partial charge in [0.05, 0.1) is 34.3 Å². The number of carbonyl (C=O) groups excluding carboxylic acids is 1. The second-order valence-electron chi connectivity index (χ2n) is 12.0. The second-order valence-corrected chi connectivity index (χ2v) is 13.4. The first kappa shape index (κ1) is 37.3. The predicted molar refractivity (Wildman–Crippen MR) is 162 cm³/mol. The van der Waals surface area contributed by atoms with Crippen LogP contribution in [0, 0.1) is 0 Å². The number of aliphatic hydroxyl groups is 5. The summed E-state index contributed by atoms with van der Waals surface area (Å²) in [5.41, 5.74) is 36.3. The molecule has 45 heavy (non-hydrogen) atoms. The van der Waals surface area contributed by atoms with E-state index >= 15 is 0 Å². The first-order chi connectivity index (χ1) is 21.2. The number of hydrogen-bond donors (Lipinski definition) is 12. The molecule has 1 aliphatic carbocycles. The van der Waals surface area contributed by atoms with Gasteiger partial charge in [-0.15, -0.1) is 0 Å². The fourth-order valence-corrected chi connectivity index (χ4v) is 6.78. The van der Waals surface area contributed by atoms with Crippen LogP contribution in [0.4, 0.5) is 0 Å². The van der Waals surface area contributed by atoms with Crippen molar-refractivity contribution in [3.05, 3.63) is 0 Å². The predicted octanol–water partition coefficient (Wildman–Crippen LogP) is -7.31. The molecule has 4 fully saturated rings. The largest absolute Gasteiger partial charge is 0.389 e. The Morgan fingerprint density at radius 1 is 0.711 bits per heavy atom. The standard InChI is InChI=1S/C25H48IN7O12/c1-6(34)33-5-11-21(44-23-13(31)12(26)16(36)9(3-27)40-23)19(39)25(42-11)45-22-15(35)7(29)2-8(30)20(22)43-24-14(32)18(38)17(37)10(4-28)41-24/h7-25,35-39H,2-5,27-32H2,1H3,(H,33,34). The van der Waals surface area contributed by atoms with E-state index in [0.29, 0.717) is 0 Å². The molecular weight excluding hydrogens is 717 g/mol. The molecule has 18 N–H and O–H groups in total. The maximum atomic E-state index is 11.7. The molecule has 3 aliphatic heterocycles. The SMILES string of the molecule is CC(=O)NCC1OC(OC2C(O)C(N)CC(N)C2OC2OC(CN)C(O)C(O)C2N)C(O)C1OC1OC(CN)C(O)C(I)C1N. The van der Waals surface area contributed by atoms with Crippen LogP contribution in [0.5, 0.6) is 0 Å². The first-order valence-electron chi connectivity index (χ1n) is 14.8. The fraction of sp³-hybridized carbons (Fsp3) is 0.960. The molecule has 1 amide bonds. The van der Waals surface area contributed by atoms with E-state index in [1.54, 1.807) is 0 Å². The third-order valence-corrected chi connectivity index (χ3v) is 10.3. The average Bonchev–Trinajstić information content (AvgIpc) is 3.29. The van der Waals surface area contributed by atoms with Crippen LogP contribution in [-0.2, 0) is 33.2 Å². The van der Waals surface area contributed by atoms with Crippen molar-refractivity contribution in [3.63, 3.8) is 0 Å². The number of amides is 1. The van der Waals surface area contributed by atoms with Crippen LogP contribution in [0.25, 0.3) is 0 Å². The lowest BCUT2D eigenvalue weighted by Crippen LogP contribution is -2.68. The molecule has 0 aromatic carbocycles. The Morgan fingerprint density at radius 3 is 1.84 bits per heavy atom. The Kier molecular flexibility index (Phi) is 13.1. The van der Waals surface area contributed by atoms with Gasteiger partial charge in [-0.25, -0.2) is 0 Å². The van der Waals surface area contributed by atoms with Crippen LogP contribution >= 0.6 is 22.6 Å². The van der Waals surface area contributed by atoms with Gasteiger partial charge in [-0.1, -0.05) is 22.6 Å². The van der Waals surface area contributed by atoms with Gasteiger partial charge in [0.2, 0.25) is 5.91 Å². The maximum absolute atomic E-state index is 11.7. The van der Waals surface area contributed by atoms with Crippen molar-refractivity contribution >= 4 is 28.5 Å². The number of rotatable bonds is 10. The Hall–Kier alpha value is -0.480. The number of carbonyl (C=O) groups is 1. The molecule has 1 saturated carbocycles. The number of alkyl halides is 1. The van der Waals surface area contributed by atoms with Crippen LogP contribution in [-0.4, -0.2) is 165 Å². The normalized spacial score (nSPS) is 50.8. The van der Waals surface area contributed by atoms with Gasteiger partial charge in [0.1, 0.15) is 48.8 Å². The maximum Gasteiger partial charge on any atom is 0.216 e. The summed E-state index contributed by atoms with van der Waals surface area (Å²) in [6, 6.07) is -3.73. The summed E-state index contributed by atoms with van der Waals surface area (Å²) in [6.45, 7) is 1.03. The molecule has 19 atom stereocenters. The molecule has 19 unspecified atom stereocenters. The summed E-state index contributed by atoms with van der Waals surface area (Å²) in [6.07, 6.45) is -16.9. The van der Waals surface area contributed by atoms with Crippen molar-refractivity contribution in [2.45, 2.75) is 127 Å². The van der Waals surface area contributed by atoms with E-state index in [9.17, 15) is 30.3 Å². The Morgan fingerprint density at radius 2 is 1.24 bits per heavy atom. The van der Waals surface area contributed by atoms with Gasteiger partial charge >= 0.3 is 0 Å². The van der Waals surface area contributed by atoms with Crippen molar-refractivity contribution in [3.8, 4) is 0 Å². The van der Waals surface area contributed by atoms with E-state index in [0.717, 1.165) is 0 Å². The highest BCUT2D eigenvalue weighted by Crippen LogP contribution is 2.35. The van der Waals surface area contributed by atoms with Gasteiger partial charge in [0.15, 0.2) is 18.9 Å². The lowest BCUT2D eigenvalue weighted by atomic mass is 9.84. The molecule has 19 nitrogen and oxygen atoms in total. The number of hydrogen-bond acceptors (Lipinski definition) is 18. The van der Waals surface area contributed by atoms with E-state index in [2.05, 4.69) is 5.32 Å². The Bertz CT molecular complexity index is 979. The molecule has 0 aromatic rings. The van der Waals surface area contributed by atoms with Crippen LogP contribution in [0.1, 0.15) is 13.3 Å². The molecule has 20 heteroatoms. The molecule has 262 valence electrons. The third-order valence-electron chi connectivity index (χ3n) is 8.69. The zero-order valence-corrected chi connectivity index (χ0v) is 26.9. The topological polar surface area (TPSA) is 342 Å². The summed E-state index contributed by atoms with van der Waals surface area (Å²) in [5.74, 6) is -0.375. The van der Waals surface area contributed by atoms with Crippen molar-refractivity contribution in [1.82, 2.24) is 5.32 Å². The highest BCUT2D eigenvalue weighted by molar-refractivity contribution is 14.1. The number of nitrogens with two attached hydrogens (primary N) is 6. The quantitative estimate of drug-likeness (QED) is 0.0726. The lowest BCUT2D eigenvalue weighted by molar-refractivity contribution is -0.306. The number of nitrogens with one attached hydrogen (secondary N) is 1. The molecular formula is C25H48IN7O12. The van der Waals surface area contributed by atoms with Gasteiger partial charge < -0.3 is 93.7 Å². The van der Waals surface area contributed by atoms with Crippen molar-refractivity contribution in [1.29, 1.82) is 0 Å². The van der Waals surface area contributed by atoms with Crippen LogP contribution in [0.2, 0.25) is 0 Å². The Balaban J connectivity index is 1.54. The van der Waals surface area contributed by atoms with Gasteiger partial charge in [-0.05, 0) is 6.42 Å². The summed E-state index contributed by atoms with van der Waals surface area (Å²) in [4.78, 5) is 11.7. The molecule has 3 heterocycles. The van der Waals surface area contributed by atoms with E-state index in [1.807, 2.05) is 22.6 Å². The first-order valence-corrected chi connectivity index (χ1v) is 16.1. The van der Waals surface area contributed by atoms with E-state index in [4.69, 9.17) is 62.8 Å². The minimum absolute atomic E-state index is 0.0180. The second kappa shape index (κ2) is 15.8. The Labute approximate surface area is 273 Å². The minimum atomic E-state index is -1.52. The zero-order valence-electron chi connectivity index (χ0n) is 24.7. The van der Waals surface area contributed by atoms with E-state index in [1.165, 1.54) is 6.92 Å².